The molecule has 1 aliphatic heterocycles. The molecule has 0 saturated carbocycles. The third-order valence-corrected chi connectivity index (χ3v) is 6.24. The first-order chi connectivity index (χ1) is 17.1. The molecule has 0 bridgehead atoms. The normalized spacial score (nSPS) is 15.6. The standard InChI is InChI=1S/C31H34N2O3/c1-21(2)24-18-16-23(17-19-24)20-32-28(22(3)25-12-8-7-9-13-25)33(30(35)36-31(4,5)6)27-15-11-10-14-26(27)29(32)34/h7-19,21,28H,3,20H2,1-2,4-6H3. The summed E-state index contributed by atoms with van der Waals surface area (Å²) in [6.45, 7) is 14.5. The quantitative estimate of drug-likeness (QED) is 0.385. The molecule has 36 heavy (non-hydrogen) atoms. The summed E-state index contributed by atoms with van der Waals surface area (Å²) in [5, 5.41) is 0. The smallest absolute Gasteiger partial charge is 0.416 e. The van der Waals surface area contributed by atoms with Crippen LogP contribution in [0.1, 0.15) is 67.6 Å². The molecule has 1 aliphatic rings. The van der Waals surface area contributed by atoms with E-state index in [4.69, 9.17) is 4.74 Å². The highest BCUT2D eigenvalue weighted by Gasteiger charge is 2.43. The van der Waals surface area contributed by atoms with Gasteiger partial charge in [0.1, 0.15) is 11.8 Å². The molecule has 3 aromatic rings. The summed E-state index contributed by atoms with van der Waals surface area (Å²) in [7, 11) is 0. The molecule has 186 valence electrons. The summed E-state index contributed by atoms with van der Waals surface area (Å²) in [6.07, 6.45) is -1.28. The predicted molar refractivity (Wildman–Crippen MR) is 145 cm³/mol. The number of para-hydroxylation sites is 1. The lowest BCUT2D eigenvalue weighted by molar-refractivity contribution is 0.0490. The lowest BCUT2D eigenvalue weighted by atomic mass is 9.96. The summed E-state index contributed by atoms with van der Waals surface area (Å²) in [5.74, 6) is 0.260. The van der Waals surface area contributed by atoms with Crippen molar-refractivity contribution in [3.8, 4) is 0 Å². The third-order valence-electron chi connectivity index (χ3n) is 6.24. The molecule has 5 nitrogen and oxygen atoms in total. The number of carbonyl (C=O) groups is 2. The number of benzene rings is 3. The molecule has 1 atom stereocenters. The minimum absolute atomic E-state index is 0.152. The largest absolute Gasteiger partial charge is 0.443 e. The average Bonchev–Trinajstić information content (AvgIpc) is 2.84. The number of hydrogen-bond donors (Lipinski definition) is 0. The fourth-order valence-electron chi connectivity index (χ4n) is 4.42. The summed E-state index contributed by atoms with van der Waals surface area (Å²) < 4.78 is 5.83. The Morgan fingerprint density at radius 1 is 0.944 bits per heavy atom. The topological polar surface area (TPSA) is 49.9 Å². The zero-order valence-electron chi connectivity index (χ0n) is 21.7. The molecule has 2 amide bonds. The molecule has 5 heteroatoms. The minimum atomic E-state index is -0.755. The number of rotatable bonds is 5. The van der Waals surface area contributed by atoms with Gasteiger partial charge in [-0.15, -0.1) is 0 Å². The molecule has 1 unspecified atom stereocenters. The maximum absolute atomic E-state index is 13.9. The first-order valence-electron chi connectivity index (χ1n) is 12.3. The van der Waals surface area contributed by atoms with Gasteiger partial charge in [0.05, 0.1) is 11.3 Å². The van der Waals surface area contributed by atoms with Crippen LogP contribution in [0.2, 0.25) is 0 Å². The van der Waals surface area contributed by atoms with Crippen molar-refractivity contribution < 1.29 is 14.3 Å². The minimum Gasteiger partial charge on any atom is -0.443 e. The van der Waals surface area contributed by atoms with Gasteiger partial charge in [0.2, 0.25) is 0 Å². The fourth-order valence-corrected chi connectivity index (χ4v) is 4.42. The molecule has 4 rings (SSSR count). The number of carbonyl (C=O) groups excluding carboxylic acids is 2. The molecule has 0 aromatic heterocycles. The molecular weight excluding hydrogens is 448 g/mol. The van der Waals surface area contributed by atoms with Gasteiger partial charge in [0.15, 0.2) is 0 Å². The maximum Gasteiger partial charge on any atom is 0.416 e. The Labute approximate surface area is 214 Å². The van der Waals surface area contributed by atoms with Crippen molar-refractivity contribution in [2.24, 2.45) is 0 Å². The van der Waals surface area contributed by atoms with Crippen LogP contribution in [-0.4, -0.2) is 28.7 Å². The predicted octanol–water partition coefficient (Wildman–Crippen LogP) is 7.25. The highest BCUT2D eigenvalue weighted by molar-refractivity contribution is 6.08. The van der Waals surface area contributed by atoms with Gasteiger partial charge in [-0.3, -0.25) is 9.69 Å². The second-order valence-corrected chi connectivity index (χ2v) is 10.5. The number of amides is 2. The third kappa shape index (κ3) is 5.20. The van der Waals surface area contributed by atoms with Crippen molar-refractivity contribution in [2.45, 2.75) is 58.8 Å². The van der Waals surface area contributed by atoms with E-state index < -0.39 is 17.9 Å². The second kappa shape index (κ2) is 10.0. The van der Waals surface area contributed by atoms with Crippen LogP contribution in [0.15, 0.2) is 85.4 Å². The van der Waals surface area contributed by atoms with Crippen molar-refractivity contribution in [1.82, 2.24) is 4.90 Å². The van der Waals surface area contributed by atoms with E-state index in [1.165, 1.54) is 5.56 Å². The first-order valence-corrected chi connectivity index (χ1v) is 12.3. The molecular formula is C31H34N2O3. The van der Waals surface area contributed by atoms with Gasteiger partial charge in [-0.1, -0.05) is 87.2 Å². The van der Waals surface area contributed by atoms with Crippen molar-refractivity contribution in [3.63, 3.8) is 0 Å². The summed E-state index contributed by atoms with van der Waals surface area (Å²) in [6, 6.07) is 25.1. The Morgan fingerprint density at radius 3 is 2.17 bits per heavy atom. The van der Waals surface area contributed by atoms with Gasteiger partial charge in [-0.05, 0) is 61.1 Å². The highest BCUT2D eigenvalue weighted by atomic mass is 16.6. The Hall–Kier alpha value is -3.86. The van der Waals surface area contributed by atoms with Crippen molar-refractivity contribution in [3.05, 3.63) is 108 Å². The molecule has 0 spiro atoms. The van der Waals surface area contributed by atoms with Crippen LogP contribution in [0.4, 0.5) is 10.5 Å². The fraction of sp³-hybridized carbons (Fsp3) is 0.290. The van der Waals surface area contributed by atoms with E-state index in [1.54, 1.807) is 21.9 Å². The van der Waals surface area contributed by atoms with Crippen molar-refractivity contribution in [1.29, 1.82) is 0 Å². The molecule has 0 radical (unpaired) electrons. The van der Waals surface area contributed by atoms with Crippen LogP contribution >= 0.6 is 0 Å². The number of fused-ring (bicyclic) bond motifs is 1. The summed E-state index contributed by atoms with van der Waals surface area (Å²) in [4.78, 5) is 30.9. The van der Waals surface area contributed by atoms with E-state index >= 15 is 0 Å². The van der Waals surface area contributed by atoms with Crippen molar-refractivity contribution >= 4 is 23.3 Å². The number of nitrogens with zero attached hydrogens (tertiary/aromatic N) is 2. The Morgan fingerprint density at radius 2 is 1.56 bits per heavy atom. The van der Waals surface area contributed by atoms with Gasteiger partial charge in [-0.2, -0.15) is 0 Å². The zero-order chi connectivity index (χ0) is 26.0. The maximum atomic E-state index is 13.9. The number of anilines is 1. The lowest BCUT2D eigenvalue weighted by Gasteiger charge is -2.45. The van der Waals surface area contributed by atoms with E-state index in [0.29, 0.717) is 29.3 Å². The Kier molecular flexibility index (Phi) is 7.02. The number of hydrogen-bond acceptors (Lipinski definition) is 3. The van der Waals surface area contributed by atoms with Gasteiger partial charge in [-0.25, -0.2) is 4.79 Å². The van der Waals surface area contributed by atoms with Gasteiger partial charge in [0.25, 0.3) is 5.91 Å². The van der Waals surface area contributed by atoms with Crippen LogP contribution in [0, 0.1) is 0 Å². The molecule has 1 heterocycles. The first kappa shape index (κ1) is 25.2. The van der Waals surface area contributed by atoms with Crippen LogP contribution in [0.3, 0.4) is 0 Å². The van der Waals surface area contributed by atoms with Gasteiger partial charge >= 0.3 is 6.09 Å². The van der Waals surface area contributed by atoms with E-state index in [9.17, 15) is 9.59 Å². The van der Waals surface area contributed by atoms with E-state index in [-0.39, 0.29) is 5.91 Å². The lowest BCUT2D eigenvalue weighted by Crippen LogP contribution is -2.58. The average molecular weight is 483 g/mol. The molecule has 0 N–H and O–H groups in total. The molecule has 3 aromatic carbocycles. The van der Waals surface area contributed by atoms with E-state index in [2.05, 4.69) is 32.6 Å². The summed E-state index contributed by atoms with van der Waals surface area (Å²) in [5.41, 5.74) is 3.97. The van der Waals surface area contributed by atoms with Crippen LogP contribution in [0.25, 0.3) is 5.57 Å². The Bertz CT molecular complexity index is 1260. The van der Waals surface area contributed by atoms with Gasteiger partial charge < -0.3 is 9.64 Å². The molecule has 0 aliphatic carbocycles. The molecule has 0 saturated heterocycles. The SMILES string of the molecule is C=C(c1ccccc1)C1N(Cc2ccc(C(C)C)cc2)C(=O)c2ccccc2N1C(=O)OC(C)(C)C. The number of ether oxygens (including phenoxy) is 1. The van der Waals surface area contributed by atoms with E-state index in [0.717, 1.165) is 11.1 Å². The van der Waals surface area contributed by atoms with Crippen LogP contribution in [-0.2, 0) is 11.3 Å². The van der Waals surface area contributed by atoms with Crippen LogP contribution < -0.4 is 4.90 Å². The van der Waals surface area contributed by atoms with Crippen molar-refractivity contribution in [2.75, 3.05) is 4.90 Å². The monoisotopic (exact) mass is 482 g/mol. The van der Waals surface area contributed by atoms with E-state index in [1.807, 2.05) is 75.4 Å². The Balaban J connectivity index is 1.84. The zero-order valence-corrected chi connectivity index (χ0v) is 21.7. The van der Waals surface area contributed by atoms with Crippen LogP contribution in [0.5, 0.6) is 0 Å². The second-order valence-electron chi connectivity index (χ2n) is 10.5. The van der Waals surface area contributed by atoms with Gasteiger partial charge in [0, 0.05) is 6.54 Å². The highest BCUT2D eigenvalue weighted by Crippen LogP contribution is 2.38. The molecule has 0 fully saturated rings. The summed E-state index contributed by atoms with van der Waals surface area (Å²) >= 11 is 0.